The molecule has 0 aliphatic carbocycles. The Bertz CT molecular complexity index is 2070. The third kappa shape index (κ3) is 18.7. The van der Waals surface area contributed by atoms with Gasteiger partial charge in [-0.3, -0.25) is 47.9 Å². The number of hydrogen-bond donors (Lipinski definition) is 11. The van der Waals surface area contributed by atoms with Crippen LogP contribution in [0.25, 0.3) is 10.9 Å². The van der Waals surface area contributed by atoms with Gasteiger partial charge in [-0.25, -0.2) is 0 Å². The topological polar surface area (TPSA) is 351 Å². The molecule has 1 aromatic heterocycles. The second-order valence-corrected chi connectivity index (χ2v) is 14.7. The molecule has 13 N–H and O–H groups in total. The van der Waals surface area contributed by atoms with Gasteiger partial charge in [-0.15, -0.1) is 0 Å². The fourth-order valence-corrected chi connectivity index (χ4v) is 6.06. The Hall–Kier alpha value is -7.32. The first-order valence-electron chi connectivity index (χ1n) is 19.5. The van der Waals surface area contributed by atoms with E-state index in [9.17, 15) is 48.3 Å². The fraction of sp³-hybridized carbons (Fsp3) is 0.415. The van der Waals surface area contributed by atoms with Crippen LogP contribution >= 0.6 is 0 Å². The van der Waals surface area contributed by atoms with Gasteiger partial charge in [0.25, 0.3) is 5.97 Å². The molecule has 5 unspecified atom stereocenters. The minimum absolute atomic E-state index is 0.0150. The molecule has 0 fully saturated rings. The molecule has 8 amide bonds. The molecule has 21 nitrogen and oxygen atoms in total. The van der Waals surface area contributed by atoms with E-state index >= 15 is 0 Å². The summed E-state index contributed by atoms with van der Waals surface area (Å²) in [5, 5.41) is 32.6. The molecular formula is C41H55N9O12. The Labute approximate surface area is 356 Å². The number of benzene rings is 2. The maximum absolute atomic E-state index is 14.2. The molecule has 62 heavy (non-hydrogen) atoms. The summed E-state index contributed by atoms with van der Waals surface area (Å²) in [7, 11) is 0. The van der Waals surface area contributed by atoms with E-state index in [0.29, 0.717) is 11.1 Å². The van der Waals surface area contributed by atoms with Gasteiger partial charge < -0.3 is 58.6 Å². The predicted octanol–water partition coefficient (Wildman–Crippen LogP) is -1.12. The summed E-state index contributed by atoms with van der Waals surface area (Å²) < 4.78 is 0. The Balaban J connectivity index is 0.00000316. The normalized spacial score (nSPS) is 13.0. The van der Waals surface area contributed by atoms with Gasteiger partial charge in [-0.1, -0.05) is 62.4 Å². The number of carboxylic acid groups (broad SMARTS) is 2. The average molecular weight is 866 g/mol. The lowest BCUT2D eigenvalue weighted by Gasteiger charge is -2.27. The third-order valence-corrected chi connectivity index (χ3v) is 8.81. The van der Waals surface area contributed by atoms with Crippen molar-refractivity contribution < 1.29 is 58.2 Å². The summed E-state index contributed by atoms with van der Waals surface area (Å²) >= 11 is 0. The number of primary amides is 2. The number of rotatable bonds is 23. The van der Waals surface area contributed by atoms with Crippen LogP contribution in [0.3, 0.4) is 0 Å². The first-order chi connectivity index (χ1) is 29.2. The van der Waals surface area contributed by atoms with Crippen LogP contribution in [0, 0.1) is 5.92 Å². The van der Waals surface area contributed by atoms with Gasteiger partial charge in [0, 0.05) is 50.2 Å². The summed E-state index contributed by atoms with van der Waals surface area (Å²) in [4.78, 5) is 127. The van der Waals surface area contributed by atoms with Crippen molar-refractivity contribution in [3.8, 4) is 0 Å². The molecule has 21 heteroatoms. The number of hydrogen-bond acceptors (Lipinski definition) is 10. The minimum atomic E-state index is -1.74. The lowest BCUT2D eigenvalue weighted by atomic mass is 10.0. The summed E-state index contributed by atoms with van der Waals surface area (Å²) in [5.41, 5.74) is 12.6. The molecule has 0 saturated carbocycles. The Kier molecular flexibility index (Phi) is 20.8. The zero-order valence-electron chi connectivity index (χ0n) is 34.8. The van der Waals surface area contributed by atoms with Crippen molar-refractivity contribution in [2.75, 3.05) is 6.54 Å². The van der Waals surface area contributed by atoms with Crippen LogP contribution in [0.4, 0.5) is 0 Å². The summed E-state index contributed by atoms with van der Waals surface area (Å²) in [6.07, 6.45) is -0.0904. The Morgan fingerprint density at radius 1 is 0.629 bits per heavy atom. The Morgan fingerprint density at radius 3 is 1.71 bits per heavy atom. The van der Waals surface area contributed by atoms with Crippen LogP contribution in [0.5, 0.6) is 0 Å². The highest BCUT2D eigenvalue weighted by Crippen LogP contribution is 2.20. The highest BCUT2D eigenvalue weighted by Gasteiger charge is 2.34. The average Bonchev–Trinajstić information content (AvgIpc) is 3.59. The van der Waals surface area contributed by atoms with E-state index < -0.39 is 115 Å². The van der Waals surface area contributed by atoms with Crippen LogP contribution in [0.1, 0.15) is 64.5 Å². The molecule has 0 aliphatic rings. The van der Waals surface area contributed by atoms with Gasteiger partial charge in [-0.2, -0.15) is 0 Å². The van der Waals surface area contributed by atoms with Crippen molar-refractivity contribution in [3.63, 3.8) is 0 Å². The van der Waals surface area contributed by atoms with E-state index in [-0.39, 0.29) is 25.2 Å². The molecule has 3 rings (SSSR count). The van der Waals surface area contributed by atoms with Crippen LogP contribution in [-0.4, -0.2) is 111 Å². The SMILES string of the molecule is CC(=O)NC(CC(C)C)C(=O)NC(CC(=O)O)C(=O)NC(CCC(N)=O)C(=O)NC(Cc1c[nH]c2ccccc12)C(=O)NC(Cc1ccccc1)C(=O)NCC(N)=O.CC(=O)O. The van der Waals surface area contributed by atoms with E-state index in [1.54, 1.807) is 74.6 Å². The second-order valence-electron chi connectivity index (χ2n) is 14.7. The first-order valence-corrected chi connectivity index (χ1v) is 19.5. The zero-order chi connectivity index (χ0) is 46.5. The van der Waals surface area contributed by atoms with Gasteiger partial charge in [0.05, 0.1) is 13.0 Å². The van der Waals surface area contributed by atoms with Gasteiger partial charge in [0.2, 0.25) is 47.3 Å². The summed E-state index contributed by atoms with van der Waals surface area (Å²) in [5.74, 6) is -9.09. The number of H-pyrrole nitrogens is 1. The van der Waals surface area contributed by atoms with Crippen LogP contribution in [0.15, 0.2) is 60.8 Å². The highest BCUT2D eigenvalue weighted by molar-refractivity contribution is 5.98. The minimum Gasteiger partial charge on any atom is -0.481 e. The molecule has 0 bridgehead atoms. The molecule has 2 aromatic carbocycles. The van der Waals surface area contributed by atoms with Crippen LogP contribution in [-0.2, 0) is 60.8 Å². The first kappa shape index (κ1) is 50.8. The summed E-state index contributed by atoms with van der Waals surface area (Å²) in [6, 6.07) is 8.72. The summed E-state index contributed by atoms with van der Waals surface area (Å²) in [6.45, 7) is 5.35. The standard InChI is InChI=1S/C39H51N9O10.C2H4O2/c1-21(2)15-28(44-22(3)49)37(56)48-31(18-34(52)53)39(58)45-27(13-14-32(40)50)36(55)47-30(17-24-19-42-26-12-8-7-11-25(24)26)38(57)46-29(35(54)43-20-33(41)51)16-23-9-5-4-6-10-23;1-2(3)4/h4-12,19,21,27-31,42H,13-18,20H2,1-3H3,(H2,40,50)(H2,41,51)(H,43,54)(H,44,49)(H,45,58)(H,46,57)(H,47,55)(H,48,56)(H,52,53);1H3,(H,3,4). The third-order valence-electron chi connectivity index (χ3n) is 8.81. The number of aromatic nitrogens is 1. The van der Waals surface area contributed by atoms with Crippen molar-refractivity contribution in [3.05, 3.63) is 71.9 Å². The number of carboxylic acids is 2. The fourth-order valence-electron chi connectivity index (χ4n) is 6.06. The number of amides is 8. The monoisotopic (exact) mass is 865 g/mol. The number of carbonyl (C=O) groups excluding carboxylic acids is 8. The molecule has 0 aliphatic heterocycles. The van der Waals surface area contributed by atoms with Gasteiger partial charge in [-0.05, 0) is 36.0 Å². The number of nitrogens with one attached hydrogen (secondary N) is 7. The van der Waals surface area contributed by atoms with Gasteiger partial charge in [0.1, 0.15) is 30.2 Å². The molecule has 5 atom stereocenters. The Morgan fingerprint density at radius 2 is 1.15 bits per heavy atom. The van der Waals surface area contributed by atoms with Crippen molar-refractivity contribution in [2.24, 2.45) is 17.4 Å². The molecule has 336 valence electrons. The molecule has 1 heterocycles. The maximum Gasteiger partial charge on any atom is 0.305 e. The van der Waals surface area contributed by atoms with Gasteiger partial charge >= 0.3 is 5.97 Å². The smallest absolute Gasteiger partial charge is 0.305 e. The predicted molar refractivity (Wildman–Crippen MR) is 223 cm³/mol. The number of aromatic amines is 1. The maximum atomic E-state index is 14.2. The van der Waals surface area contributed by atoms with Gasteiger partial charge in [0.15, 0.2) is 0 Å². The van der Waals surface area contributed by atoms with Crippen LogP contribution in [0.2, 0.25) is 0 Å². The van der Waals surface area contributed by atoms with Crippen molar-refractivity contribution in [1.29, 1.82) is 0 Å². The molecule has 0 saturated heterocycles. The number of aliphatic carboxylic acids is 2. The van der Waals surface area contributed by atoms with Crippen molar-refractivity contribution in [1.82, 2.24) is 36.9 Å². The number of carbonyl (C=O) groups is 10. The lowest BCUT2D eigenvalue weighted by molar-refractivity contribution is -0.141. The number of para-hydroxylation sites is 1. The van der Waals surface area contributed by atoms with E-state index in [1.807, 2.05) is 0 Å². The number of fused-ring (bicyclic) bond motifs is 1. The quantitative estimate of drug-likeness (QED) is 0.0540. The largest absolute Gasteiger partial charge is 0.481 e. The molecule has 3 aromatic rings. The molecular weight excluding hydrogens is 811 g/mol. The molecule has 0 spiro atoms. The lowest BCUT2D eigenvalue weighted by Crippen LogP contribution is -2.60. The highest BCUT2D eigenvalue weighted by atomic mass is 16.4. The van der Waals surface area contributed by atoms with Crippen LogP contribution < -0.4 is 43.4 Å². The number of nitrogens with two attached hydrogens (primary N) is 2. The second kappa shape index (κ2) is 25.3. The molecule has 0 radical (unpaired) electrons. The van der Waals surface area contributed by atoms with E-state index in [4.69, 9.17) is 21.4 Å². The van der Waals surface area contributed by atoms with E-state index in [0.717, 1.165) is 17.8 Å². The van der Waals surface area contributed by atoms with Crippen molar-refractivity contribution in [2.45, 2.75) is 96.4 Å². The zero-order valence-corrected chi connectivity index (χ0v) is 34.8. The van der Waals surface area contributed by atoms with E-state index in [1.165, 1.54) is 6.92 Å². The van der Waals surface area contributed by atoms with Crippen molar-refractivity contribution >= 4 is 70.1 Å². The van der Waals surface area contributed by atoms with E-state index in [2.05, 4.69) is 36.9 Å².